The van der Waals surface area contributed by atoms with Crippen molar-refractivity contribution in [3.8, 4) is 6.07 Å². The van der Waals surface area contributed by atoms with Crippen LogP contribution in [0.1, 0.15) is 18.9 Å². The highest BCUT2D eigenvalue weighted by atomic mass is 32.2. The van der Waals surface area contributed by atoms with Gasteiger partial charge in [0.2, 0.25) is 15.9 Å². The molecule has 0 bridgehead atoms. The number of hydrogen-bond acceptors (Lipinski definition) is 4. The third-order valence-electron chi connectivity index (χ3n) is 2.60. The van der Waals surface area contributed by atoms with E-state index in [0.29, 0.717) is 6.42 Å². The van der Waals surface area contributed by atoms with Crippen LogP contribution >= 0.6 is 0 Å². The summed E-state index contributed by atoms with van der Waals surface area (Å²) in [6.07, 6.45) is 0.451. The molecule has 102 valence electrons. The topological polar surface area (TPSA) is 113 Å². The second-order valence-corrected chi connectivity index (χ2v) is 5.56. The number of hydrogen-bond donors (Lipinski definition) is 2. The van der Waals surface area contributed by atoms with Crippen LogP contribution in [-0.2, 0) is 21.4 Å². The monoisotopic (exact) mass is 281 g/mol. The molecule has 6 nitrogen and oxygen atoms in total. The predicted octanol–water partition coefficient (Wildman–Crippen LogP) is 0.500. The zero-order valence-corrected chi connectivity index (χ0v) is 11.3. The quantitative estimate of drug-likeness (QED) is 0.818. The lowest BCUT2D eigenvalue weighted by atomic mass is 10.1. The van der Waals surface area contributed by atoms with Crippen molar-refractivity contribution in [2.75, 3.05) is 0 Å². The average molecular weight is 281 g/mol. The first kappa shape index (κ1) is 15.1. The molecular weight excluding hydrogens is 266 g/mol. The molecule has 0 radical (unpaired) electrons. The molecule has 0 saturated carbocycles. The second kappa shape index (κ2) is 6.31. The Morgan fingerprint density at radius 3 is 2.42 bits per heavy atom. The molecule has 0 aliphatic carbocycles. The van der Waals surface area contributed by atoms with Crippen molar-refractivity contribution in [3.05, 3.63) is 29.8 Å². The molecule has 7 heteroatoms. The minimum Gasteiger partial charge on any atom is -0.351 e. The fraction of sp³-hybridized carbons (Fsp3) is 0.333. The number of primary sulfonamides is 1. The van der Waals surface area contributed by atoms with Crippen molar-refractivity contribution in [1.29, 1.82) is 5.26 Å². The van der Waals surface area contributed by atoms with E-state index in [2.05, 4.69) is 5.32 Å². The predicted molar refractivity (Wildman–Crippen MR) is 69.1 cm³/mol. The maximum atomic E-state index is 11.6. The lowest BCUT2D eigenvalue weighted by molar-refractivity contribution is -0.123. The van der Waals surface area contributed by atoms with E-state index in [9.17, 15) is 13.2 Å². The first-order valence-electron chi connectivity index (χ1n) is 5.67. The number of rotatable bonds is 5. The Balaban J connectivity index is 2.65. The Labute approximate surface area is 112 Å². The van der Waals surface area contributed by atoms with Gasteiger partial charge in [0.25, 0.3) is 0 Å². The molecule has 0 spiro atoms. The maximum absolute atomic E-state index is 11.6. The molecule has 0 fully saturated rings. The molecule has 1 rings (SSSR count). The van der Waals surface area contributed by atoms with Gasteiger partial charge in [0, 0.05) is 6.54 Å². The molecule has 1 amide bonds. The van der Waals surface area contributed by atoms with Crippen LogP contribution in [0.5, 0.6) is 0 Å². The Bertz CT molecular complexity index is 588. The minimum atomic E-state index is -3.70. The highest BCUT2D eigenvalue weighted by Gasteiger charge is 2.14. The summed E-state index contributed by atoms with van der Waals surface area (Å²) < 4.78 is 22.1. The fourth-order valence-electron chi connectivity index (χ4n) is 1.44. The molecule has 0 saturated heterocycles. The van der Waals surface area contributed by atoms with Crippen LogP contribution < -0.4 is 10.5 Å². The number of benzene rings is 1. The van der Waals surface area contributed by atoms with Crippen LogP contribution in [0, 0.1) is 17.2 Å². The van der Waals surface area contributed by atoms with Gasteiger partial charge < -0.3 is 5.32 Å². The summed E-state index contributed by atoms with van der Waals surface area (Å²) in [7, 11) is -3.70. The summed E-state index contributed by atoms with van der Waals surface area (Å²) in [6.45, 7) is 2.00. The molecule has 1 aromatic carbocycles. The van der Waals surface area contributed by atoms with Crippen LogP contribution in [0.3, 0.4) is 0 Å². The standard InChI is InChI=1S/C12H15N3O3S/c1-2-10(7-13)12(16)15-8-9-3-5-11(6-4-9)19(14,17)18/h3-6,10H,2,8H2,1H3,(H,15,16)(H2,14,17,18). The fourth-order valence-corrected chi connectivity index (χ4v) is 1.96. The number of nitrogens with one attached hydrogen (secondary N) is 1. The summed E-state index contributed by atoms with van der Waals surface area (Å²) in [5, 5.41) is 16.3. The molecule has 0 aliphatic heterocycles. The lowest BCUT2D eigenvalue weighted by Gasteiger charge is -2.08. The van der Waals surface area contributed by atoms with E-state index < -0.39 is 15.9 Å². The third-order valence-corrected chi connectivity index (χ3v) is 3.53. The van der Waals surface area contributed by atoms with E-state index >= 15 is 0 Å². The molecule has 19 heavy (non-hydrogen) atoms. The first-order valence-corrected chi connectivity index (χ1v) is 7.22. The molecule has 1 unspecified atom stereocenters. The summed E-state index contributed by atoms with van der Waals surface area (Å²) in [6, 6.07) is 7.78. The maximum Gasteiger partial charge on any atom is 0.238 e. The molecule has 1 atom stereocenters. The summed E-state index contributed by atoms with van der Waals surface area (Å²) in [4.78, 5) is 11.6. The number of carbonyl (C=O) groups excluding carboxylic acids is 1. The highest BCUT2D eigenvalue weighted by Crippen LogP contribution is 2.09. The molecule has 1 aromatic rings. The van der Waals surface area contributed by atoms with Gasteiger partial charge in [-0.15, -0.1) is 0 Å². The van der Waals surface area contributed by atoms with Crippen LogP contribution in [-0.4, -0.2) is 14.3 Å². The number of nitrogens with zero attached hydrogens (tertiary/aromatic N) is 1. The van der Waals surface area contributed by atoms with Gasteiger partial charge in [-0.3, -0.25) is 4.79 Å². The van der Waals surface area contributed by atoms with E-state index in [-0.39, 0.29) is 17.3 Å². The van der Waals surface area contributed by atoms with Gasteiger partial charge in [-0.25, -0.2) is 13.6 Å². The van der Waals surface area contributed by atoms with E-state index in [1.807, 2.05) is 6.07 Å². The van der Waals surface area contributed by atoms with Crippen LogP contribution in [0.2, 0.25) is 0 Å². The second-order valence-electron chi connectivity index (χ2n) is 4.00. The zero-order chi connectivity index (χ0) is 14.5. The lowest BCUT2D eigenvalue weighted by Crippen LogP contribution is -2.29. The Hall–Kier alpha value is -1.91. The molecule has 0 heterocycles. The smallest absolute Gasteiger partial charge is 0.238 e. The third kappa shape index (κ3) is 4.35. The number of carbonyl (C=O) groups is 1. The van der Waals surface area contributed by atoms with Gasteiger partial charge in [-0.1, -0.05) is 19.1 Å². The summed E-state index contributed by atoms with van der Waals surface area (Å²) in [5.41, 5.74) is 0.730. The SMILES string of the molecule is CCC(C#N)C(=O)NCc1ccc(S(N)(=O)=O)cc1. The van der Waals surface area contributed by atoms with Crippen LogP contribution in [0.4, 0.5) is 0 Å². The molecule has 3 N–H and O–H groups in total. The average Bonchev–Trinajstić information content (AvgIpc) is 2.37. The highest BCUT2D eigenvalue weighted by molar-refractivity contribution is 7.89. The number of sulfonamides is 1. The van der Waals surface area contributed by atoms with E-state index in [0.717, 1.165) is 5.56 Å². The van der Waals surface area contributed by atoms with E-state index in [1.54, 1.807) is 19.1 Å². The van der Waals surface area contributed by atoms with Crippen LogP contribution in [0.15, 0.2) is 29.2 Å². The normalized spacial score (nSPS) is 12.5. The Morgan fingerprint density at radius 1 is 1.42 bits per heavy atom. The first-order chi connectivity index (χ1) is 8.88. The molecule has 0 aromatic heterocycles. The van der Waals surface area contributed by atoms with E-state index in [1.165, 1.54) is 12.1 Å². The van der Waals surface area contributed by atoms with E-state index in [4.69, 9.17) is 10.4 Å². The number of nitrogens with two attached hydrogens (primary N) is 1. The summed E-state index contributed by atoms with van der Waals surface area (Å²) in [5.74, 6) is -0.996. The van der Waals surface area contributed by atoms with Crippen molar-refractivity contribution in [2.45, 2.75) is 24.8 Å². The van der Waals surface area contributed by atoms with Gasteiger partial charge in [-0.2, -0.15) is 5.26 Å². The largest absolute Gasteiger partial charge is 0.351 e. The number of nitriles is 1. The Morgan fingerprint density at radius 2 is 2.00 bits per heavy atom. The molecular formula is C12H15N3O3S. The van der Waals surface area contributed by atoms with Gasteiger partial charge in [0.05, 0.1) is 11.0 Å². The minimum absolute atomic E-state index is 0.0195. The van der Waals surface area contributed by atoms with Crippen molar-refractivity contribution >= 4 is 15.9 Å². The van der Waals surface area contributed by atoms with Gasteiger partial charge >= 0.3 is 0 Å². The van der Waals surface area contributed by atoms with Crippen molar-refractivity contribution in [2.24, 2.45) is 11.1 Å². The van der Waals surface area contributed by atoms with Crippen molar-refractivity contribution < 1.29 is 13.2 Å². The zero-order valence-electron chi connectivity index (χ0n) is 10.5. The van der Waals surface area contributed by atoms with Crippen LogP contribution in [0.25, 0.3) is 0 Å². The van der Waals surface area contributed by atoms with Crippen molar-refractivity contribution in [3.63, 3.8) is 0 Å². The molecule has 0 aliphatic rings. The van der Waals surface area contributed by atoms with Gasteiger partial charge in [0.1, 0.15) is 5.92 Å². The Kier molecular flexibility index (Phi) is 5.03. The van der Waals surface area contributed by atoms with Crippen molar-refractivity contribution in [1.82, 2.24) is 5.32 Å². The van der Waals surface area contributed by atoms with Gasteiger partial charge in [-0.05, 0) is 24.1 Å². The summed E-state index contributed by atoms with van der Waals surface area (Å²) >= 11 is 0. The van der Waals surface area contributed by atoms with Gasteiger partial charge in [0.15, 0.2) is 0 Å². The number of amides is 1.